The van der Waals surface area contributed by atoms with Gasteiger partial charge in [-0.2, -0.15) is 0 Å². The van der Waals surface area contributed by atoms with Gasteiger partial charge in [0.2, 0.25) is 5.91 Å². The number of likely N-dealkylation sites (tertiary alicyclic amines) is 1. The summed E-state index contributed by atoms with van der Waals surface area (Å²) in [6.45, 7) is 1.22. The van der Waals surface area contributed by atoms with Gasteiger partial charge < -0.3 is 15.5 Å². The molecule has 1 saturated heterocycles. The average Bonchev–Trinajstić information content (AvgIpc) is 2.46. The Morgan fingerprint density at radius 3 is 2.35 bits per heavy atom. The predicted molar refractivity (Wildman–Crippen MR) is 78.2 cm³/mol. The Morgan fingerprint density at radius 2 is 1.80 bits per heavy atom. The van der Waals surface area contributed by atoms with E-state index in [2.05, 4.69) is 0 Å². The first-order chi connectivity index (χ1) is 9.50. The van der Waals surface area contributed by atoms with E-state index in [-0.39, 0.29) is 17.7 Å². The van der Waals surface area contributed by atoms with E-state index >= 15 is 0 Å². The van der Waals surface area contributed by atoms with Crippen molar-refractivity contribution in [1.82, 2.24) is 9.80 Å². The second kappa shape index (κ2) is 5.94. The Hall–Kier alpha value is -2.04. The van der Waals surface area contributed by atoms with Crippen LogP contribution in [-0.4, -0.2) is 48.8 Å². The monoisotopic (exact) mass is 275 g/mol. The lowest BCUT2D eigenvalue weighted by atomic mass is 9.95. The molecule has 1 fully saturated rings. The van der Waals surface area contributed by atoms with Crippen molar-refractivity contribution in [3.63, 3.8) is 0 Å². The van der Waals surface area contributed by atoms with Crippen LogP contribution in [0.15, 0.2) is 24.3 Å². The Balaban J connectivity index is 1.99. The number of piperidine rings is 1. The standard InChI is InChI=1S/C15H21N3O2/c1-17(2)14(19)11-7-9-18(10-8-11)15(20)12-5-3-4-6-13(12)16/h3-6,11H,7-10,16H2,1-2H3. The maximum absolute atomic E-state index is 12.4. The van der Waals surface area contributed by atoms with E-state index in [9.17, 15) is 9.59 Å². The van der Waals surface area contributed by atoms with E-state index < -0.39 is 0 Å². The quantitative estimate of drug-likeness (QED) is 0.825. The first-order valence-corrected chi connectivity index (χ1v) is 6.85. The third-order valence-electron chi connectivity index (χ3n) is 3.76. The summed E-state index contributed by atoms with van der Waals surface area (Å²) in [6, 6.07) is 7.10. The normalized spacial score (nSPS) is 16.0. The van der Waals surface area contributed by atoms with Gasteiger partial charge in [0, 0.05) is 38.8 Å². The zero-order valence-corrected chi connectivity index (χ0v) is 12.0. The lowest BCUT2D eigenvalue weighted by molar-refractivity contribution is -0.134. The van der Waals surface area contributed by atoms with Gasteiger partial charge in [-0.1, -0.05) is 12.1 Å². The molecule has 1 aromatic carbocycles. The lowest BCUT2D eigenvalue weighted by Gasteiger charge is -2.32. The molecule has 1 heterocycles. The zero-order chi connectivity index (χ0) is 14.7. The summed E-state index contributed by atoms with van der Waals surface area (Å²) >= 11 is 0. The molecule has 0 unspecified atom stereocenters. The van der Waals surface area contributed by atoms with Crippen molar-refractivity contribution in [3.8, 4) is 0 Å². The number of nitrogens with zero attached hydrogens (tertiary/aromatic N) is 2. The van der Waals surface area contributed by atoms with Gasteiger partial charge in [-0.25, -0.2) is 0 Å². The number of benzene rings is 1. The summed E-state index contributed by atoms with van der Waals surface area (Å²) in [5.74, 6) is 0.136. The van der Waals surface area contributed by atoms with Crippen LogP contribution in [0, 0.1) is 5.92 Å². The zero-order valence-electron chi connectivity index (χ0n) is 12.0. The Morgan fingerprint density at radius 1 is 1.20 bits per heavy atom. The molecule has 0 atom stereocenters. The summed E-state index contributed by atoms with van der Waals surface area (Å²) in [4.78, 5) is 27.7. The van der Waals surface area contributed by atoms with Crippen molar-refractivity contribution in [2.24, 2.45) is 5.92 Å². The second-order valence-corrected chi connectivity index (χ2v) is 5.39. The summed E-state index contributed by atoms with van der Waals surface area (Å²) in [6.07, 6.45) is 1.44. The molecule has 2 rings (SSSR count). The molecule has 5 nitrogen and oxygen atoms in total. The highest BCUT2D eigenvalue weighted by Crippen LogP contribution is 2.22. The topological polar surface area (TPSA) is 66.6 Å². The molecule has 0 aliphatic carbocycles. The molecule has 108 valence electrons. The van der Waals surface area contributed by atoms with Crippen molar-refractivity contribution in [2.45, 2.75) is 12.8 Å². The lowest BCUT2D eigenvalue weighted by Crippen LogP contribution is -2.42. The third kappa shape index (κ3) is 2.92. The Kier molecular flexibility index (Phi) is 4.27. The van der Waals surface area contributed by atoms with Gasteiger partial charge in [0.05, 0.1) is 5.56 Å². The van der Waals surface area contributed by atoms with Crippen LogP contribution < -0.4 is 5.73 Å². The molecule has 1 aliphatic rings. The van der Waals surface area contributed by atoms with Crippen LogP contribution in [0.3, 0.4) is 0 Å². The van der Waals surface area contributed by atoms with Crippen molar-refractivity contribution < 1.29 is 9.59 Å². The van der Waals surface area contributed by atoms with Crippen LogP contribution in [-0.2, 0) is 4.79 Å². The first-order valence-electron chi connectivity index (χ1n) is 6.85. The molecular weight excluding hydrogens is 254 g/mol. The van der Waals surface area contributed by atoms with Crippen LogP contribution in [0.5, 0.6) is 0 Å². The summed E-state index contributed by atoms with van der Waals surface area (Å²) in [7, 11) is 3.54. The van der Waals surface area contributed by atoms with Crippen molar-refractivity contribution in [3.05, 3.63) is 29.8 Å². The molecule has 2 N–H and O–H groups in total. The molecule has 0 aromatic heterocycles. The van der Waals surface area contributed by atoms with Crippen molar-refractivity contribution >= 4 is 17.5 Å². The number of carbonyl (C=O) groups excluding carboxylic acids is 2. The van der Waals surface area contributed by atoms with Crippen LogP contribution in [0.25, 0.3) is 0 Å². The molecule has 0 spiro atoms. The fourth-order valence-corrected chi connectivity index (χ4v) is 2.56. The van der Waals surface area contributed by atoms with E-state index in [0.717, 1.165) is 12.8 Å². The smallest absolute Gasteiger partial charge is 0.255 e. The van der Waals surface area contributed by atoms with Crippen molar-refractivity contribution in [1.29, 1.82) is 0 Å². The molecule has 1 aliphatic heterocycles. The Labute approximate surface area is 119 Å². The van der Waals surface area contributed by atoms with E-state index in [1.165, 1.54) is 0 Å². The van der Waals surface area contributed by atoms with Crippen molar-refractivity contribution in [2.75, 3.05) is 32.9 Å². The van der Waals surface area contributed by atoms with Gasteiger partial charge in [0.1, 0.15) is 0 Å². The number of hydrogen-bond donors (Lipinski definition) is 1. The van der Waals surface area contributed by atoms with Crippen LogP contribution in [0.1, 0.15) is 23.2 Å². The predicted octanol–water partition coefficient (Wildman–Crippen LogP) is 1.21. The molecule has 0 saturated carbocycles. The molecule has 0 radical (unpaired) electrons. The molecule has 5 heteroatoms. The fraction of sp³-hybridized carbons (Fsp3) is 0.467. The van der Waals surface area contributed by atoms with E-state index in [4.69, 9.17) is 5.73 Å². The summed E-state index contributed by atoms with van der Waals surface area (Å²) in [5.41, 5.74) is 6.88. The number of rotatable bonds is 2. The highest BCUT2D eigenvalue weighted by atomic mass is 16.2. The van der Waals surface area contributed by atoms with Gasteiger partial charge in [0.25, 0.3) is 5.91 Å². The van der Waals surface area contributed by atoms with E-state index in [0.29, 0.717) is 24.3 Å². The minimum atomic E-state index is -0.0427. The molecule has 20 heavy (non-hydrogen) atoms. The number of amides is 2. The van der Waals surface area contributed by atoms with Gasteiger partial charge >= 0.3 is 0 Å². The van der Waals surface area contributed by atoms with Gasteiger partial charge in [-0.15, -0.1) is 0 Å². The number of nitrogen functional groups attached to an aromatic ring is 1. The van der Waals surface area contributed by atoms with Crippen LogP contribution in [0.4, 0.5) is 5.69 Å². The number of hydrogen-bond acceptors (Lipinski definition) is 3. The second-order valence-electron chi connectivity index (χ2n) is 5.39. The first kappa shape index (κ1) is 14.4. The van der Waals surface area contributed by atoms with Crippen LogP contribution >= 0.6 is 0 Å². The largest absolute Gasteiger partial charge is 0.398 e. The summed E-state index contributed by atoms with van der Waals surface area (Å²) < 4.78 is 0. The van der Waals surface area contributed by atoms with Gasteiger partial charge in [0.15, 0.2) is 0 Å². The average molecular weight is 275 g/mol. The number of nitrogens with two attached hydrogens (primary N) is 1. The highest BCUT2D eigenvalue weighted by molar-refractivity contribution is 5.99. The molecule has 1 aromatic rings. The minimum absolute atomic E-state index is 0.0298. The van der Waals surface area contributed by atoms with Crippen LogP contribution in [0.2, 0.25) is 0 Å². The summed E-state index contributed by atoms with van der Waals surface area (Å²) in [5, 5.41) is 0. The van der Waals surface area contributed by atoms with E-state index in [1.54, 1.807) is 36.0 Å². The number of carbonyl (C=O) groups is 2. The SMILES string of the molecule is CN(C)C(=O)C1CCN(C(=O)c2ccccc2N)CC1. The Bertz CT molecular complexity index is 506. The molecule has 0 bridgehead atoms. The molecule has 2 amide bonds. The minimum Gasteiger partial charge on any atom is -0.398 e. The number of anilines is 1. The van der Waals surface area contributed by atoms with Gasteiger partial charge in [-0.3, -0.25) is 9.59 Å². The highest BCUT2D eigenvalue weighted by Gasteiger charge is 2.28. The van der Waals surface area contributed by atoms with Gasteiger partial charge in [-0.05, 0) is 25.0 Å². The third-order valence-corrected chi connectivity index (χ3v) is 3.76. The van der Waals surface area contributed by atoms with E-state index in [1.807, 2.05) is 12.1 Å². The fourth-order valence-electron chi connectivity index (χ4n) is 2.56. The maximum Gasteiger partial charge on any atom is 0.255 e. The molecular formula is C15H21N3O2. The maximum atomic E-state index is 12.4. The number of para-hydroxylation sites is 1.